The minimum absolute atomic E-state index is 0.153. The van der Waals surface area contributed by atoms with E-state index in [0.717, 1.165) is 77.8 Å². The van der Waals surface area contributed by atoms with Crippen molar-refractivity contribution in [1.29, 1.82) is 0 Å². The second kappa shape index (κ2) is 17.2. The average Bonchev–Trinajstić information content (AvgIpc) is 3.72. The van der Waals surface area contributed by atoms with Gasteiger partial charge in [-0.15, -0.1) is 0 Å². The number of piperidine rings is 1. The zero-order chi connectivity index (χ0) is 38.6. The van der Waals surface area contributed by atoms with Gasteiger partial charge < -0.3 is 33.6 Å². The van der Waals surface area contributed by atoms with Gasteiger partial charge in [-0.05, 0) is 46.7 Å². The number of fused-ring (bicyclic) bond motifs is 2. The Labute approximate surface area is 323 Å². The van der Waals surface area contributed by atoms with Gasteiger partial charge in [0.15, 0.2) is 11.6 Å². The number of methoxy groups -OCH3 is 1. The van der Waals surface area contributed by atoms with Crippen molar-refractivity contribution in [2.24, 2.45) is 5.92 Å². The van der Waals surface area contributed by atoms with Gasteiger partial charge in [-0.1, -0.05) is 25.4 Å². The number of likely N-dealkylation sites (N-methyl/N-ethyl adjacent to an activating group) is 2. The smallest absolute Gasteiger partial charge is 0.227 e. The van der Waals surface area contributed by atoms with E-state index >= 15 is 0 Å². The molecule has 0 radical (unpaired) electrons. The molecular weight excluding hydrogens is 708 g/mol. The van der Waals surface area contributed by atoms with Crippen molar-refractivity contribution in [2.45, 2.75) is 65.4 Å². The summed E-state index contributed by atoms with van der Waals surface area (Å²) in [6.45, 7) is 13.2. The molecule has 5 aromatic rings. The van der Waals surface area contributed by atoms with Crippen LogP contribution in [-0.2, 0) is 20.8 Å². The summed E-state index contributed by atoms with van der Waals surface area (Å²) in [6, 6.07) is 5.98. The van der Waals surface area contributed by atoms with Gasteiger partial charge in [-0.25, -0.2) is 29.5 Å². The first-order chi connectivity index (χ1) is 25.8. The van der Waals surface area contributed by atoms with Gasteiger partial charge in [0.2, 0.25) is 5.95 Å². The van der Waals surface area contributed by atoms with E-state index in [4.69, 9.17) is 50.7 Å². The predicted octanol–water partition coefficient (Wildman–Crippen LogP) is 5.96. The summed E-state index contributed by atoms with van der Waals surface area (Å²) in [6.07, 6.45) is 7.24. The number of nitrogens with zero attached hydrogens (tertiary/aromatic N) is 11. The van der Waals surface area contributed by atoms with Crippen molar-refractivity contribution < 1.29 is 18.8 Å². The maximum absolute atomic E-state index is 6.64. The van der Waals surface area contributed by atoms with Crippen molar-refractivity contribution in [3.8, 4) is 0 Å². The maximum atomic E-state index is 6.64. The number of rotatable bonds is 17. The molecule has 0 saturated carbocycles. The molecule has 16 heteroatoms. The van der Waals surface area contributed by atoms with Crippen LogP contribution in [0.1, 0.15) is 64.3 Å². The van der Waals surface area contributed by atoms with Crippen LogP contribution in [0, 0.1) is 5.92 Å². The Hall–Kier alpha value is -3.99. The largest absolute Gasteiger partial charge is 0.381 e. The van der Waals surface area contributed by atoms with Crippen LogP contribution in [0.3, 0.4) is 0 Å². The summed E-state index contributed by atoms with van der Waals surface area (Å²) in [5, 5.41) is 2.56. The van der Waals surface area contributed by atoms with E-state index in [1.165, 1.54) is 0 Å². The molecule has 1 unspecified atom stereocenters. The standard InChI is InChI=1S/C38H56ClN12O3/c1-25(2)36(37-44-28-20-32(39)41-22-29(28)45-37)54-19-17-51(7,8)50(33-10-13-40-38(46-33)48-14-11-27(52-9)12-15-48)34-21-31-30(23-42-34)43-35(49(31)26(3)4)24-53-18-16-47(5)6/h10,13,20-23,25-27,36H,11-12,14-19,24H2,1-9H3,(H,44,45)/q+1. The summed E-state index contributed by atoms with van der Waals surface area (Å²) < 4.78 is 20.9. The monoisotopic (exact) mass is 763 g/mol. The Balaban J connectivity index is 1.32. The third kappa shape index (κ3) is 9.09. The lowest BCUT2D eigenvalue weighted by molar-refractivity contribution is -0.894. The molecule has 1 aliphatic rings. The highest BCUT2D eigenvalue weighted by Gasteiger charge is 2.33. The first kappa shape index (κ1) is 39.7. The Kier molecular flexibility index (Phi) is 12.7. The van der Waals surface area contributed by atoms with E-state index < -0.39 is 0 Å². The number of aromatic nitrogens is 8. The molecule has 0 aliphatic carbocycles. The summed E-state index contributed by atoms with van der Waals surface area (Å²) in [4.78, 5) is 36.6. The van der Waals surface area contributed by atoms with E-state index in [1.54, 1.807) is 19.4 Å². The van der Waals surface area contributed by atoms with Gasteiger partial charge in [0.05, 0.1) is 62.4 Å². The first-order valence-electron chi connectivity index (χ1n) is 18.8. The van der Waals surface area contributed by atoms with Crippen molar-refractivity contribution in [3.05, 3.63) is 53.6 Å². The number of quaternary nitrogens is 1. The minimum atomic E-state index is -0.265. The molecule has 1 saturated heterocycles. The van der Waals surface area contributed by atoms with E-state index in [1.807, 2.05) is 32.6 Å². The first-order valence-corrected chi connectivity index (χ1v) is 19.2. The average molecular weight is 764 g/mol. The molecule has 1 N–H and O–H groups in total. The number of halogens is 1. The number of hydrogen-bond donors (Lipinski definition) is 1. The van der Waals surface area contributed by atoms with Gasteiger partial charge in [0.1, 0.15) is 41.6 Å². The molecule has 6 rings (SSSR count). The number of anilines is 3. The Morgan fingerprint density at radius 1 is 0.963 bits per heavy atom. The molecule has 15 nitrogen and oxygen atoms in total. The van der Waals surface area contributed by atoms with Crippen molar-refractivity contribution >= 4 is 51.3 Å². The number of ether oxygens (including phenoxy) is 3. The van der Waals surface area contributed by atoms with Crippen LogP contribution in [0.15, 0.2) is 36.8 Å². The summed E-state index contributed by atoms with van der Waals surface area (Å²) >= 11 is 6.16. The number of nitrogens with one attached hydrogen (secondary N) is 1. The van der Waals surface area contributed by atoms with Crippen LogP contribution >= 0.6 is 11.6 Å². The maximum Gasteiger partial charge on any atom is 0.227 e. The zero-order valence-electron chi connectivity index (χ0n) is 33.2. The number of H-pyrrole nitrogens is 1. The predicted molar refractivity (Wildman–Crippen MR) is 212 cm³/mol. The lowest BCUT2D eigenvalue weighted by Gasteiger charge is -2.40. The van der Waals surface area contributed by atoms with E-state index in [2.05, 4.69) is 77.2 Å². The van der Waals surface area contributed by atoms with Gasteiger partial charge in [-0.3, -0.25) is 0 Å². The van der Waals surface area contributed by atoms with Crippen LogP contribution in [0.2, 0.25) is 5.15 Å². The van der Waals surface area contributed by atoms with Crippen LogP contribution in [-0.4, -0.2) is 130 Å². The Bertz CT molecular complexity index is 1990. The highest BCUT2D eigenvalue weighted by Crippen LogP contribution is 2.33. The van der Waals surface area contributed by atoms with Crippen LogP contribution < -0.4 is 9.91 Å². The molecular formula is C38H56ClN12O3+. The molecule has 54 heavy (non-hydrogen) atoms. The molecule has 0 aromatic carbocycles. The third-order valence-corrected chi connectivity index (χ3v) is 10.1. The fourth-order valence-electron chi connectivity index (χ4n) is 6.95. The van der Waals surface area contributed by atoms with Gasteiger partial charge in [-0.2, -0.15) is 9.99 Å². The third-order valence-electron chi connectivity index (χ3n) is 9.89. The van der Waals surface area contributed by atoms with E-state index in [0.29, 0.717) is 42.1 Å². The summed E-state index contributed by atoms with van der Waals surface area (Å²) in [5.74, 6) is 3.94. The molecule has 5 aromatic heterocycles. The molecule has 292 valence electrons. The molecule has 0 bridgehead atoms. The van der Waals surface area contributed by atoms with Crippen LogP contribution in [0.25, 0.3) is 22.1 Å². The molecule has 6 heterocycles. The normalized spacial score (nSPS) is 15.1. The van der Waals surface area contributed by atoms with E-state index in [9.17, 15) is 0 Å². The summed E-state index contributed by atoms with van der Waals surface area (Å²) in [5.41, 5.74) is 3.39. The lowest BCUT2D eigenvalue weighted by Crippen LogP contribution is -2.55. The quantitative estimate of drug-likeness (QED) is 0.0518. The second-order valence-corrected chi connectivity index (χ2v) is 15.7. The van der Waals surface area contributed by atoms with Crippen LogP contribution in [0.4, 0.5) is 17.6 Å². The van der Waals surface area contributed by atoms with Gasteiger partial charge in [0.25, 0.3) is 0 Å². The lowest BCUT2D eigenvalue weighted by atomic mass is 10.1. The fourth-order valence-corrected chi connectivity index (χ4v) is 7.10. The van der Waals surface area contributed by atoms with Crippen molar-refractivity contribution in [2.75, 3.05) is 84.6 Å². The van der Waals surface area contributed by atoms with E-state index in [-0.39, 0.29) is 24.2 Å². The van der Waals surface area contributed by atoms with Gasteiger partial charge in [0, 0.05) is 57.2 Å². The topological polar surface area (TPSA) is 135 Å². The fraction of sp³-hybridized carbons (Fsp3) is 0.579. The molecule has 1 atom stereocenters. The van der Waals surface area contributed by atoms with Crippen LogP contribution in [0.5, 0.6) is 0 Å². The highest BCUT2D eigenvalue weighted by molar-refractivity contribution is 6.29. The number of hydrogen-bond acceptors (Lipinski definition) is 12. The molecule has 0 amide bonds. The SMILES string of the molecule is COC1CCN(c2nccc(N(c3cc4c(cn3)nc(COCCN(C)C)n4C(C)C)[N+](C)(C)CCOC(c3nc4cc(Cl)ncc4[nH]3)C(C)C)n2)CC1. The molecule has 0 spiro atoms. The van der Waals surface area contributed by atoms with Crippen molar-refractivity contribution in [3.63, 3.8) is 0 Å². The Morgan fingerprint density at radius 3 is 2.44 bits per heavy atom. The van der Waals surface area contributed by atoms with Crippen molar-refractivity contribution in [1.82, 2.24) is 44.4 Å². The molecule has 1 aliphatic heterocycles. The Morgan fingerprint density at radius 2 is 1.74 bits per heavy atom. The summed E-state index contributed by atoms with van der Waals surface area (Å²) in [7, 11) is 10.1. The van der Waals surface area contributed by atoms with Gasteiger partial charge >= 0.3 is 0 Å². The minimum Gasteiger partial charge on any atom is -0.381 e. The number of imidazole rings is 2. The highest BCUT2D eigenvalue weighted by atomic mass is 35.5. The zero-order valence-corrected chi connectivity index (χ0v) is 33.9. The number of pyridine rings is 2. The molecule has 1 fully saturated rings. The number of aromatic amines is 1. The second-order valence-electron chi connectivity index (χ2n) is 15.4.